The van der Waals surface area contributed by atoms with E-state index in [1.807, 2.05) is 11.0 Å². The molecule has 0 spiro atoms. The summed E-state index contributed by atoms with van der Waals surface area (Å²) in [6.07, 6.45) is 0.222. The van der Waals surface area contributed by atoms with Crippen molar-refractivity contribution in [2.75, 3.05) is 25.1 Å². The summed E-state index contributed by atoms with van der Waals surface area (Å²) >= 11 is 1.73. The minimum atomic E-state index is -0.498. The van der Waals surface area contributed by atoms with E-state index in [2.05, 4.69) is 27.0 Å². The van der Waals surface area contributed by atoms with Crippen molar-refractivity contribution in [3.05, 3.63) is 22.4 Å². The van der Waals surface area contributed by atoms with E-state index in [-0.39, 0.29) is 6.10 Å². The van der Waals surface area contributed by atoms with Crippen LogP contribution in [0.25, 0.3) is 0 Å². The number of aromatic nitrogens is 4. The molecule has 1 N–H and O–H groups in total. The maximum Gasteiger partial charge on any atom is 0.245 e. The molecule has 0 bridgehead atoms. The molecule has 20 heavy (non-hydrogen) atoms. The van der Waals surface area contributed by atoms with Gasteiger partial charge in [-0.2, -0.15) is 0 Å². The number of thiophene rings is 1. The Morgan fingerprint density at radius 2 is 2.40 bits per heavy atom. The molecule has 0 aromatic carbocycles. The van der Waals surface area contributed by atoms with Gasteiger partial charge >= 0.3 is 0 Å². The summed E-state index contributed by atoms with van der Waals surface area (Å²) in [5.41, 5.74) is 0. The average molecular weight is 295 g/mol. The lowest BCUT2D eigenvalue weighted by molar-refractivity contribution is 0.0217. The van der Waals surface area contributed by atoms with Gasteiger partial charge in [0.05, 0.1) is 12.6 Å². The van der Waals surface area contributed by atoms with Gasteiger partial charge in [-0.25, -0.2) is 4.68 Å². The fraction of sp³-hybridized carbons (Fsp3) is 0.583. The van der Waals surface area contributed by atoms with Gasteiger partial charge in [-0.15, -0.1) is 11.3 Å². The van der Waals surface area contributed by atoms with E-state index >= 15 is 0 Å². The number of hydrogen-bond acceptors (Lipinski definition) is 7. The van der Waals surface area contributed by atoms with E-state index in [4.69, 9.17) is 4.74 Å². The predicted molar refractivity (Wildman–Crippen MR) is 74.9 cm³/mol. The predicted octanol–water partition coefficient (Wildman–Crippen LogP) is 0.173. The van der Waals surface area contributed by atoms with E-state index < -0.39 is 6.10 Å². The molecule has 1 fully saturated rings. The highest BCUT2D eigenvalue weighted by Gasteiger charge is 2.33. The van der Waals surface area contributed by atoms with Crippen LogP contribution < -0.4 is 4.90 Å². The van der Waals surface area contributed by atoms with Crippen LogP contribution in [0.3, 0.4) is 0 Å². The number of aliphatic hydroxyl groups excluding tert-OH is 1. The minimum Gasteiger partial charge on any atom is -0.388 e. The molecule has 2 aromatic heterocycles. The number of aliphatic hydroxyl groups is 1. The second-order valence-electron chi connectivity index (χ2n) is 4.78. The normalized spacial score (nSPS) is 22.6. The average Bonchev–Trinajstić information content (AvgIpc) is 3.16. The Labute approximate surface area is 120 Å². The Morgan fingerprint density at radius 3 is 3.10 bits per heavy atom. The third-order valence-corrected chi connectivity index (χ3v) is 4.42. The summed E-state index contributed by atoms with van der Waals surface area (Å²) in [5.74, 6) is 0.695. The number of tetrazole rings is 1. The van der Waals surface area contributed by atoms with E-state index in [1.54, 1.807) is 23.1 Å². The van der Waals surface area contributed by atoms with Crippen LogP contribution >= 0.6 is 11.3 Å². The quantitative estimate of drug-likeness (QED) is 0.847. The Hall–Kier alpha value is -1.51. The standard InChI is InChI=1S/C12H17N5O2S/c1-19-11-8-16(7-10(11)18)12-13-14-15-17(12)5-4-9-3-2-6-20-9/h2-3,6,10-11,18H,4-5,7-8H2,1H3/t10-,11-/m1/s1. The largest absolute Gasteiger partial charge is 0.388 e. The first-order chi connectivity index (χ1) is 9.78. The molecule has 3 heterocycles. The maximum absolute atomic E-state index is 9.89. The third-order valence-electron chi connectivity index (χ3n) is 3.49. The van der Waals surface area contributed by atoms with Crippen molar-refractivity contribution < 1.29 is 9.84 Å². The van der Waals surface area contributed by atoms with E-state index in [0.29, 0.717) is 19.0 Å². The van der Waals surface area contributed by atoms with Crippen molar-refractivity contribution in [1.29, 1.82) is 0 Å². The SMILES string of the molecule is CO[C@@H]1CN(c2nnnn2CCc2cccs2)C[C@H]1O. The van der Waals surface area contributed by atoms with Crippen LogP contribution in [0.2, 0.25) is 0 Å². The summed E-state index contributed by atoms with van der Waals surface area (Å²) in [5, 5.41) is 23.8. The molecule has 7 nitrogen and oxygen atoms in total. The molecule has 3 rings (SSSR count). The third kappa shape index (κ3) is 2.67. The summed E-state index contributed by atoms with van der Waals surface area (Å²) in [6.45, 7) is 1.84. The zero-order chi connectivity index (χ0) is 13.9. The van der Waals surface area contributed by atoms with Crippen LogP contribution in [-0.2, 0) is 17.7 Å². The van der Waals surface area contributed by atoms with Crippen molar-refractivity contribution in [2.45, 2.75) is 25.2 Å². The Bertz CT molecular complexity index is 544. The van der Waals surface area contributed by atoms with Crippen LogP contribution in [0.15, 0.2) is 17.5 Å². The van der Waals surface area contributed by atoms with Gasteiger partial charge in [0, 0.05) is 31.5 Å². The van der Waals surface area contributed by atoms with E-state index in [1.165, 1.54) is 4.88 Å². The molecule has 2 aromatic rings. The molecule has 108 valence electrons. The van der Waals surface area contributed by atoms with Gasteiger partial charge in [0.2, 0.25) is 5.95 Å². The van der Waals surface area contributed by atoms with E-state index in [0.717, 1.165) is 13.0 Å². The lowest BCUT2D eigenvalue weighted by atomic mass is 10.3. The highest BCUT2D eigenvalue weighted by atomic mass is 32.1. The minimum absolute atomic E-state index is 0.183. The van der Waals surface area contributed by atoms with Crippen LogP contribution in [0.5, 0.6) is 0 Å². The highest BCUT2D eigenvalue weighted by Crippen LogP contribution is 2.20. The van der Waals surface area contributed by atoms with Gasteiger partial charge in [0.15, 0.2) is 0 Å². The van der Waals surface area contributed by atoms with Crippen LogP contribution in [-0.4, -0.2) is 57.7 Å². The smallest absolute Gasteiger partial charge is 0.245 e. The highest BCUT2D eigenvalue weighted by molar-refractivity contribution is 7.09. The van der Waals surface area contributed by atoms with E-state index in [9.17, 15) is 5.11 Å². The summed E-state index contributed by atoms with van der Waals surface area (Å²) in [6, 6.07) is 4.15. The first-order valence-electron chi connectivity index (χ1n) is 6.52. The van der Waals surface area contributed by atoms with Crippen molar-refractivity contribution in [1.82, 2.24) is 20.2 Å². The molecule has 2 atom stereocenters. The number of methoxy groups -OCH3 is 1. The molecule has 0 amide bonds. The molecule has 0 unspecified atom stereocenters. The lowest BCUT2D eigenvalue weighted by Crippen LogP contribution is -2.26. The van der Waals surface area contributed by atoms with Crippen molar-refractivity contribution in [2.24, 2.45) is 0 Å². The summed E-state index contributed by atoms with van der Waals surface area (Å²) in [4.78, 5) is 3.27. The zero-order valence-corrected chi connectivity index (χ0v) is 12.0. The summed E-state index contributed by atoms with van der Waals surface area (Å²) < 4.78 is 7.02. The fourth-order valence-electron chi connectivity index (χ4n) is 2.39. The monoisotopic (exact) mass is 295 g/mol. The fourth-order valence-corrected chi connectivity index (χ4v) is 3.09. The van der Waals surface area contributed by atoms with Gasteiger partial charge < -0.3 is 14.7 Å². The Balaban J connectivity index is 1.67. The van der Waals surface area contributed by atoms with Gasteiger partial charge in [0.25, 0.3) is 0 Å². The molecule has 0 saturated carbocycles. The number of β-amino-alcohol motifs (C(OH)–C–C–N with tert-alkyl or cyclic N) is 1. The second kappa shape index (κ2) is 5.86. The van der Waals surface area contributed by atoms with Crippen molar-refractivity contribution in [3.63, 3.8) is 0 Å². The lowest BCUT2D eigenvalue weighted by Gasteiger charge is -2.16. The van der Waals surface area contributed by atoms with Crippen molar-refractivity contribution >= 4 is 17.3 Å². The van der Waals surface area contributed by atoms with Crippen LogP contribution in [0, 0.1) is 0 Å². The molecule has 1 saturated heterocycles. The first-order valence-corrected chi connectivity index (χ1v) is 7.40. The number of hydrogen-bond donors (Lipinski definition) is 1. The maximum atomic E-state index is 9.89. The molecular formula is C12H17N5O2S. The molecular weight excluding hydrogens is 278 g/mol. The van der Waals surface area contributed by atoms with Crippen LogP contribution in [0.4, 0.5) is 5.95 Å². The first kappa shape index (κ1) is 13.5. The second-order valence-corrected chi connectivity index (χ2v) is 5.81. The molecule has 0 radical (unpaired) electrons. The zero-order valence-electron chi connectivity index (χ0n) is 11.2. The van der Waals surface area contributed by atoms with Crippen molar-refractivity contribution in [3.8, 4) is 0 Å². The number of nitrogens with zero attached hydrogens (tertiary/aromatic N) is 5. The van der Waals surface area contributed by atoms with Gasteiger partial charge in [-0.3, -0.25) is 0 Å². The van der Waals surface area contributed by atoms with Gasteiger partial charge in [0.1, 0.15) is 6.10 Å². The number of rotatable bonds is 5. The summed E-state index contributed by atoms with van der Waals surface area (Å²) in [7, 11) is 1.61. The Kier molecular flexibility index (Phi) is 3.95. The van der Waals surface area contributed by atoms with Gasteiger partial charge in [-0.1, -0.05) is 11.2 Å². The van der Waals surface area contributed by atoms with Crippen LogP contribution in [0.1, 0.15) is 4.88 Å². The number of ether oxygens (including phenoxy) is 1. The number of anilines is 1. The topological polar surface area (TPSA) is 76.3 Å². The molecule has 1 aliphatic rings. The van der Waals surface area contributed by atoms with Gasteiger partial charge in [-0.05, 0) is 21.9 Å². The Morgan fingerprint density at radius 1 is 1.50 bits per heavy atom. The number of aryl methyl sites for hydroxylation is 2. The molecule has 0 aliphatic carbocycles. The molecule has 1 aliphatic heterocycles. The molecule has 8 heteroatoms.